The molecule has 3 rings (SSSR count). The highest BCUT2D eigenvalue weighted by Crippen LogP contribution is 2.25. The van der Waals surface area contributed by atoms with Crippen LogP contribution in [0.25, 0.3) is 0 Å². The molecule has 1 aliphatic heterocycles. The lowest BCUT2D eigenvalue weighted by molar-refractivity contribution is -0.274. The number of ether oxygens (including phenoxy) is 3. The summed E-state index contributed by atoms with van der Waals surface area (Å²) < 4.78 is 52.0. The maximum atomic E-state index is 12.9. The van der Waals surface area contributed by atoms with Gasteiger partial charge in [-0.05, 0) is 38.0 Å². The van der Waals surface area contributed by atoms with E-state index in [1.807, 2.05) is 18.7 Å². The molecule has 9 nitrogen and oxygen atoms in total. The number of methoxy groups -OCH3 is 1. The van der Waals surface area contributed by atoms with Gasteiger partial charge in [0.05, 0.1) is 24.9 Å². The predicted octanol–water partition coefficient (Wildman–Crippen LogP) is 2.79. The molecular formula is C22H27F3N4O5. The minimum atomic E-state index is -4.80. The van der Waals surface area contributed by atoms with Gasteiger partial charge in [-0.3, -0.25) is 14.6 Å². The Morgan fingerprint density at radius 1 is 1.29 bits per heavy atom. The van der Waals surface area contributed by atoms with Gasteiger partial charge < -0.3 is 24.4 Å². The van der Waals surface area contributed by atoms with E-state index in [0.717, 1.165) is 24.6 Å². The van der Waals surface area contributed by atoms with Crippen LogP contribution in [0.5, 0.6) is 5.75 Å². The second-order valence-electron chi connectivity index (χ2n) is 8.09. The molecule has 0 aliphatic carbocycles. The summed E-state index contributed by atoms with van der Waals surface area (Å²) in [6.45, 7) is 5.08. The highest BCUT2D eigenvalue weighted by molar-refractivity contribution is 5.92. The predicted molar refractivity (Wildman–Crippen MR) is 117 cm³/mol. The van der Waals surface area contributed by atoms with Crippen molar-refractivity contribution in [3.63, 3.8) is 0 Å². The molecule has 0 unspecified atom stereocenters. The molecule has 1 amide bonds. The van der Waals surface area contributed by atoms with Gasteiger partial charge in [0.15, 0.2) is 0 Å². The zero-order chi connectivity index (χ0) is 24.9. The lowest BCUT2D eigenvalue weighted by Gasteiger charge is -2.20. The quantitative estimate of drug-likeness (QED) is 0.564. The van der Waals surface area contributed by atoms with E-state index >= 15 is 0 Å². The zero-order valence-electron chi connectivity index (χ0n) is 19.0. The molecule has 1 saturated heterocycles. The number of halogens is 3. The second kappa shape index (κ2) is 10.9. The van der Waals surface area contributed by atoms with Gasteiger partial charge in [0.1, 0.15) is 11.4 Å². The molecule has 186 valence electrons. The van der Waals surface area contributed by atoms with Crippen LogP contribution >= 0.6 is 0 Å². The first-order chi connectivity index (χ1) is 16.0. The maximum Gasteiger partial charge on any atom is 0.573 e. The monoisotopic (exact) mass is 484 g/mol. The van der Waals surface area contributed by atoms with Gasteiger partial charge >= 0.3 is 6.36 Å². The lowest BCUT2D eigenvalue weighted by atomic mass is 10.1. The SMILES string of the molecule is COC[C@@H](NC(=O)c1cc(=O)[nH]c(N2CC[C@H](OC(C)C)C2)n1)c1ccc(OC(F)(F)F)cc1. The van der Waals surface area contributed by atoms with Crippen LogP contribution in [0.3, 0.4) is 0 Å². The smallest absolute Gasteiger partial charge is 0.406 e. The molecule has 1 aromatic heterocycles. The van der Waals surface area contributed by atoms with E-state index in [1.165, 1.54) is 19.2 Å². The fraction of sp³-hybridized carbons (Fsp3) is 0.500. The van der Waals surface area contributed by atoms with Crippen LogP contribution in [-0.2, 0) is 9.47 Å². The molecule has 34 heavy (non-hydrogen) atoms. The molecule has 1 aromatic carbocycles. The molecule has 2 aromatic rings. The Bertz CT molecular complexity index is 1030. The fourth-order valence-electron chi connectivity index (χ4n) is 3.65. The Labute approximate surface area is 194 Å². The zero-order valence-corrected chi connectivity index (χ0v) is 19.0. The normalized spacial score (nSPS) is 17.1. The number of amides is 1. The van der Waals surface area contributed by atoms with Gasteiger partial charge in [0.2, 0.25) is 5.95 Å². The van der Waals surface area contributed by atoms with E-state index in [0.29, 0.717) is 18.7 Å². The number of carbonyl (C=O) groups excluding carboxylic acids is 1. The summed E-state index contributed by atoms with van der Waals surface area (Å²) in [7, 11) is 1.42. The average molecular weight is 484 g/mol. The topological polar surface area (TPSA) is 106 Å². The largest absolute Gasteiger partial charge is 0.573 e. The molecule has 0 spiro atoms. The van der Waals surface area contributed by atoms with E-state index in [4.69, 9.17) is 9.47 Å². The van der Waals surface area contributed by atoms with E-state index in [2.05, 4.69) is 20.0 Å². The summed E-state index contributed by atoms with van der Waals surface area (Å²) in [5, 5.41) is 2.71. The van der Waals surface area contributed by atoms with Crippen LogP contribution in [0.4, 0.5) is 19.1 Å². The first kappa shape index (κ1) is 25.5. The fourth-order valence-corrected chi connectivity index (χ4v) is 3.65. The highest BCUT2D eigenvalue weighted by atomic mass is 19.4. The van der Waals surface area contributed by atoms with Crippen molar-refractivity contribution in [2.45, 2.75) is 44.9 Å². The molecule has 1 fully saturated rings. The first-order valence-corrected chi connectivity index (χ1v) is 10.7. The molecule has 2 N–H and O–H groups in total. The third kappa shape index (κ3) is 7.19. The highest BCUT2D eigenvalue weighted by Gasteiger charge is 2.31. The van der Waals surface area contributed by atoms with Gasteiger partial charge in [0.25, 0.3) is 11.5 Å². The van der Waals surface area contributed by atoms with Crippen molar-refractivity contribution in [1.82, 2.24) is 15.3 Å². The minimum absolute atomic E-state index is 0.00170. The van der Waals surface area contributed by atoms with Crippen molar-refractivity contribution in [1.29, 1.82) is 0 Å². The molecule has 0 radical (unpaired) electrons. The van der Waals surface area contributed by atoms with Gasteiger partial charge in [-0.25, -0.2) is 4.98 Å². The summed E-state index contributed by atoms with van der Waals surface area (Å²) in [5.74, 6) is -0.742. The number of hydrogen-bond acceptors (Lipinski definition) is 7. The van der Waals surface area contributed by atoms with Crippen LogP contribution in [0, 0.1) is 0 Å². The van der Waals surface area contributed by atoms with Crippen molar-refractivity contribution < 1.29 is 32.2 Å². The number of hydrogen-bond donors (Lipinski definition) is 2. The van der Waals surface area contributed by atoms with Gasteiger partial charge in [-0.1, -0.05) is 12.1 Å². The number of aromatic nitrogens is 2. The van der Waals surface area contributed by atoms with Crippen molar-refractivity contribution >= 4 is 11.9 Å². The average Bonchev–Trinajstić information content (AvgIpc) is 3.20. The number of carbonyl (C=O) groups is 1. The Morgan fingerprint density at radius 3 is 2.62 bits per heavy atom. The van der Waals surface area contributed by atoms with Crippen molar-refractivity contribution in [2.75, 3.05) is 31.7 Å². The molecule has 2 atom stereocenters. The molecule has 12 heteroatoms. The summed E-state index contributed by atoms with van der Waals surface area (Å²) in [5.41, 5.74) is -0.0894. The number of anilines is 1. The van der Waals surface area contributed by atoms with Gasteiger partial charge in [-0.15, -0.1) is 13.2 Å². The second-order valence-corrected chi connectivity index (χ2v) is 8.09. The van der Waals surface area contributed by atoms with Crippen LogP contribution in [-0.4, -0.2) is 61.3 Å². The number of nitrogens with zero attached hydrogens (tertiary/aromatic N) is 2. The number of rotatable bonds is 9. The Balaban J connectivity index is 1.73. The molecule has 0 saturated carbocycles. The summed E-state index contributed by atoms with van der Waals surface area (Å²) in [6.07, 6.45) is -3.97. The molecule has 0 bridgehead atoms. The van der Waals surface area contributed by atoms with Crippen molar-refractivity contribution in [3.05, 3.63) is 51.9 Å². The van der Waals surface area contributed by atoms with Gasteiger partial charge in [0, 0.05) is 26.3 Å². The molecule has 2 heterocycles. The van der Waals surface area contributed by atoms with E-state index in [1.54, 1.807) is 0 Å². The Morgan fingerprint density at radius 2 is 2.00 bits per heavy atom. The summed E-state index contributed by atoms with van der Waals surface area (Å²) in [4.78, 5) is 33.9. The summed E-state index contributed by atoms with van der Waals surface area (Å²) >= 11 is 0. The minimum Gasteiger partial charge on any atom is -0.406 e. The maximum absolute atomic E-state index is 12.9. The number of H-pyrrole nitrogens is 1. The Hall–Kier alpha value is -3.12. The first-order valence-electron chi connectivity index (χ1n) is 10.7. The van der Waals surface area contributed by atoms with Crippen LogP contribution in [0.2, 0.25) is 0 Å². The molecule has 1 aliphatic rings. The molecular weight excluding hydrogens is 457 g/mol. The van der Waals surface area contributed by atoms with Crippen LogP contribution in [0.15, 0.2) is 35.1 Å². The number of alkyl halides is 3. The number of nitrogens with one attached hydrogen (secondary N) is 2. The number of aromatic amines is 1. The van der Waals surface area contributed by atoms with E-state index in [9.17, 15) is 22.8 Å². The van der Waals surface area contributed by atoms with Crippen LogP contribution in [0.1, 0.15) is 42.4 Å². The standard InChI is InChI=1S/C22H27F3N4O5/c1-13(2)33-16-8-9-29(11-16)21-27-17(10-19(30)28-21)20(31)26-18(12-32-3)14-4-6-15(7-5-14)34-22(23,24)25/h4-7,10,13,16,18H,8-9,11-12H2,1-3H3,(H,26,31)(H,27,28,30)/t16-,18+/m0/s1. The summed E-state index contributed by atoms with van der Waals surface area (Å²) in [6, 6.07) is 5.45. The van der Waals surface area contributed by atoms with Gasteiger partial charge in [-0.2, -0.15) is 0 Å². The third-order valence-electron chi connectivity index (χ3n) is 5.03. The lowest BCUT2D eigenvalue weighted by Crippen LogP contribution is -2.34. The Kier molecular flexibility index (Phi) is 8.15. The third-order valence-corrected chi connectivity index (χ3v) is 5.03. The van der Waals surface area contributed by atoms with E-state index in [-0.39, 0.29) is 36.2 Å². The van der Waals surface area contributed by atoms with Crippen molar-refractivity contribution in [3.8, 4) is 5.75 Å². The van der Waals surface area contributed by atoms with E-state index < -0.39 is 23.9 Å². The van der Waals surface area contributed by atoms with Crippen molar-refractivity contribution in [2.24, 2.45) is 0 Å². The van der Waals surface area contributed by atoms with Crippen LogP contribution < -0.4 is 20.5 Å². The number of benzene rings is 1.